The molecule has 4 nitrogen and oxygen atoms in total. The van der Waals surface area contributed by atoms with Crippen molar-refractivity contribution in [3.63, 3.8) is 0 Å². The zero-order valence-electron chi connectivity index (χ0n) is 9.34. The van der Waals surface area contributed by atoms with Gasteiger partial charge in [-0.25, -0.2) is 4.98 Å². The van der Waals surface area contributed by atoms with Crippen LogP contribution in [0.1, 0.15) is 0 Å². The molecule has 0 bridgehead atoms. The highest BCUT2D eigenvalue weighted by Gasteiger charge is 2.04. The van der Waals surface area contributed by atoms with E-state index in [2.05, 4.69) is 15.0 Å². The molecule has 0 amide bonds. The van der Waals surface area contributed by atoms with Crippen LogP contribution in [0, 0.1) is 0 Å². The molecule has 0 saturated carbocycles. The number of benzene rings is 1. The van der Waals surface area contributed by atoms with E-state index in [-0.39, 0.29) is 0 Å². The van der Waals surface area contributed by atoms with Gasteiger partial charge in [0, 0.05) is 11.8 Å². The monoisotopic (exact) mass is 225 g/mol. The van der Waals surface area contributed by atoms with E-state index in [9.17, 15) is 0 Å². The normalized spacial score (nSPS) is 10.6. The van der Waals surface area contributed by atoms with Gasteiger partial charge in [0.1, 0.15) is 11.6 Å². The smallest absolute Gasteiger partial charge is 0.138 e. The molecule has 2 heterocycles. The highest BCUT2D eigenvalue weighted by Crippen LogP contribution is 2.22. The zero-order valence-corrected chi connectivity index (χ0v) is 9.34. The molecule has 0 aliphatic rings. The average Bonchev–Trinajstić information content (AvgIpc) is 2.82. The van der Waals surface area contributed by atoms with Crippen molar-refractivity contribution >= 4 is 11.0 Å². The molecule has 0 saturated heterocycles. The average molecular weight is 225 g/mol. The second kappa shape index (κ2) is 3.90. The Morgan fingerprint density at radius 2 is 1.94 bits per heavy atom. The number of nitrogens with zero attached hydrogens (tertiary/aromatic N) is 2. The van der Waals surface area contributed by atoms with Gasteiger partial charge in [0.2, 0.25) is 0 Å². The molecule has 0 spiro atoms. The van der Waals surface area contributed by atoms with Crippen molar-refractivity contribution in [1.82, 2.24) is 15.0 Å². The first-order chi connectivity index (χ1) is 8.36. The fraction of sp³-hybridized carbons (Fsp3) is 0.0769. The summed E-state index contributed by atoms with van der Waals surface area (Å²) in [6.45, 7) is 0. The fourth-order valence-electron chi connectivity index (χ4n) is 1.74. The Balaban J connectivity index is 2.07. The third kappa shape index (κ3) is 1.73. The molecule has 0 fully saturated rings. The van der Waals surface area contributed by atoms with Crippen LogP contribution in [-0.2, 0) is 0 Å². The Kier molecular flexibility index (Phi) is 2.26. The summed E-state index contributed by atoms with van der Waals surface area (Å²) in [5.41, 5.74) is 2.89. The molecule has 1 aromatic carbocycles. The van der Waals surface area contributed by atoms with Crippen molar-refractivity contribution in [2.45, 2.75) is 0 Å². The van der Waals surface area contributed by atoms with E-state index in [0.717, 1.165) is 28.2 Å². The number of ether oxygens (including phenoxy) is 1. The quantitative estimate of drug-likeness (QED) is 0.729. The van der Waals surface area contributed by atoms with E-state index >= 15 is 0 Å². The Morgan fingerprint density at radius 3 is 2.65 bits per heavy atom. The number of aromatic amines is 1. The summed E-state index contributed by atoms with van der Waals surface area (Å²) >= 11 is 0. The van der Waals surface area contributed by atoms with Crippen LogP contribution in [0.3, 0.4) is 0 Å². The highest BCUT2D eigenvalue weighted by molar-refractivity contribution is 5.78. The van der Waals surface area contributed by atoms with Crippen LogP contribution in [0.15, 0.2) is 42.7 Å². The van der Waals surface area contributed by atoms with Crippen LogP contribution in [0.2, 0.25) is 0 Å². The summed E-state index contributed by atoms with van der Waals surface area (Å²) in [4.78, 5) is 11.8. The minimum Gasteiger partial charge on any atom is -0.497 e. The van der Waals surface area contributed by atoms with E-state index in [4.69, 9.17) is 4.74 Å². The number of imidazole rings is 1. The molecular weight excluding hydrogens is 214 g/mol. The third-order valence-corrected chi connectivity index (χ3v) is 2.65. The number of aromatic nitrogens is 3. The van der Waals surface area contributed by atoms with Crippen molar-refractivity contribution in [1.29, 1.82) is 0 Å². The second-order valence-electron chi connectivity index (χ2n) is 3.71. The summed E-state index contributed by atoms with van der Waals surface area (Å²) in [6.07, 6.45) is 3.51. The van der Waals surface area contributed by atoms with Gasteiger partial charge >= 0.3 is 0 Å². The summed E-state index contributed by atoms with van der Waals surface area (Å²) in [6, 6.07) is 9.67. The first-order valence-electron chi connectivity index (χ1n) is 5.31. The Bertz CT molecular complexity index is 610. The van der Waals surface area contributed by atoms with Crippen molar-refractivity contribution in [2.75, 3.05) is 7.11 Å². The minimum atomic E-state index is 0.839. The lowest BCUT2D eigenvalue weighted by Gasteiger charge is -2.00. The van der Waals surface area contributed by atoms with Gasteiger partial charge in [0.05, 0.1) is 24.3 Å². The SMILES string of the molecule is COc1ccc(-c2nc3ccncc3[nH]2)cc1. The maximum absolute atomic E-state index is 5.12. The van der Waals surface area contributed by atoms with Gasteiger partial charge < -0.3 is 9.72 Å². The highest BCUT2D eigenvalue weighted by atomic mass is 16.5. The number of nitrogens with one attached hydrogen (secondary N) is 1. The second-order valence-corrected chi connectivity index (χ2v) is 3.71. The van der Waals surface area contributed by atoms with Crippen LogP contribution in [0.4, 0.5) is 0 Å². The molecule has 0 aliphatic carbocycles. The van der Waals surface area contributed by atoms with E-state index in [1.54, 1.807) is 19.5 Å². The van der Waals surface area contributed by atoms with Gasteiger partial charge in [0.25, 0.3) is 0 Å². The number of rotatable bonds is 2. The van der Waals surface area contributed by atoms with E-state index < -0.39 is 0 Å². The number of hydrogen-bond acceptors (Lipinski definition) is 3. The van der Waals surface area contributed by atoms with E-state index in [1.807, 2.05) is 30.3 Å². The Labute approximate surface area is 98.3 Å². The largest absolute Gasteiger partial charge is 0.497 e. The lowest BCUT2D eigenvalue weighted by atomic mass is 10.2. The predicted molar refractivity (Wildman–Crippen MR) is 65.9 cm³/mol. The molecule has 1 N–H and O–H groups in total. The first-order valence-corrected chi connectivity index (χ1v) is 5.31. The van der Waals surface area contributed by atoms with Gasteiger partial charge in [-0.15, -0.1) is 0 Å². The standard InChI is InChI=1S/C13H11N3O/c1-17-10-4-2-9(3-5-10)13-15-11-6-7-14-8-12(11)16-13/h2-8H,1H3,(H,15,16). The molecule has 3 aromatic rings. The molecule has 0 atom stereocenters. The Hall–Kier alpha value is -2.36. The van der Waals surface area contributed by atoms with Crippen LogP contribution in [-0.4, -0.2) is 22.1 Å². The van der Waals surface area contributed by atoms with Gasteiger partial charge in [-0.2, -0.15) is 0 Å². The number of fused-ring (bicyclic) bond motifs is 1. The maximum Gasteiger partial charge on any atom is 0.138 e. The molecular formula is C13H11N3O. The van der Waals surface area contributed by atoms with Crippen molar-refractivity contribution < 1.29 is 4.74 Å². The topological polar surface area (TPSA) is 50.8 Å². The van der Waals surface area contributed by atoms with E-state index in [0.29, 0.717) is 0 Å². The van der Waals surface area contributed by atoms with Crippen LogP contribution < -0.4 is 4.74 Å². The maximum atomic E-state index is 5.12. The molecule has 17 heavy (non-hydrogen) atoms. The van der Waals surface area contributed by atoms with Crippen molar-refractivity contribution in [3.8, 4) is 17.1 Å². The third-order valence-electron chi connectivity index (χ3n) is 2.65. The van der Waals surface area contributed by atoms with Crippen molar-refractivity contribution in [3.05, 3.63) is 42.7 Å². The molecule has 0 aliphatic heterocycles. The minimum absolute atomic E-state index is 0.839. The lowest BCUT2D eigenvalue weighted by Crippen LogP contribution is -1.83. The summed E-state index contributed by atoms with van der Waals surface area (Å²) < 4.78 is 5.12. The molecule has 3 rings (SSSR count). The number of H-pyrrole nitrogens is 1. The van der Waals surface area contributed by atoms with Crippen LogP contribution >= 0.6 is 0 Å². The summed E-state index contributed by atoms with van der Waals surface area (Å²) in [7, 11) is 1.65. The predicted octanol–water partition coefficient (Wildman–Crippen LogP) is 2.63. The summed E-state index contributed by atoms with van der Waals surface area (Å²) in [5.74, 6) is 1.68. The number of pyridine rings is 1. The molecule has 4 heteroatoms. The zero-order chi connectivity index (χ0) is 11.7. The van der Waals surface area contributed by atoms with Crippen LogP contribution in [0.5, 0.6) is 5.75 Å². The van der Waals surface area contributed by atoms with Gasteiger partial charge in [0.15, 0.2) is 0 Å². The molecule has 0 radical (unpaired) electrons. The summed E-state index contributed by atoms with van der Waals surface area (Å²) in [5, 5.41) is 0. The molecule has 84 valence electrons. The number of hydrogen-bond donors (Lipinski definition) is 1. The first kappa shape index (κ1) is 9.84. The number of methoxy groups -OCH3 is 1. The van der Waals surface area contributed by atoms with Crippen molar-refractivity contribution in [2.24, 2.45) is 0 Å². The van der Waals surface area contributed by atoms with Gasteiger partial charge in [-0.1, -0.05) is 0 Å². The van der Waals surface area contributed by atoms with Gasteiger partial charge in [-0.3, -0.25) is 4.98 Å². The molecule has 0 unspecified atom stereocenters. The molecule has 2 aromatic heterocycles. The lowest BCUT2D eigenvalue weighted by molar-refractivity contribution is 0.415. The van der Waals surface area contributed by atoms with Crippen LogP contribution in [0.25, 0.3) is 22.4 Å². The van der Waals surface area contributed by atoms with E-state index in [1.165, 1.54) is 0 Å². The fourth-order valence-corrected chi connectivity index (χ4v) is 1.74. The van der Waals surface area contributed by atoms with Gasteiger partial charge in [-0.05, 0) is 30.3 Å². The Morgan fingerprint density at radius 1 is 1.12 bits per heavy atom.